The van der Waals surface area contributed by atoms with Crippen LogP contribution in [0.4, 0.5) is 0 Å². The van der Waals surface area contributed by atoms with E-state index in [0.29, 0.717) is 0 Å². The topological polar surface area (TPSA) is 143 Å². The molecule has 0 aliphatic heterocycles. The summed E-state index contributed by atoms with van der Waals surface area (Å²) in [7, 11) is 0. The van der Waals surface area contributed by atoms with Gasteiger partial charge in [-0.3, -0.25) is 14.4 Å². The summed E-state index contributed by atoms with van der Waals surface area (Å²) in [5, 5.41) is 25.1. The van der Waals surface area contributed by atoms with E-state index in [1.807, 2.05) is 0 Å². The normalized spacial score (nSPS) is 10.4. The van der Waals surface area contributed by atoms with Crippen LogP contribution in [0.15, 0.2) is 35.5 Å². The SMILES string of the molecule is CC(=O)/C=C(/C)O.CC(=O)/C=C(/C)O.CC(=O)/C=C(/C)O.O.[Sm]. The van der Waals surface area contributed by atoms with Gasteiger partial charge in [0.1, 0.15) is 0 Å². The summed E-state index contributed by atoms with van der Waals surface area (Å²) in [4.78, 5) is 30.1. The Morgan fingerprint density at radius 1 is 0.565 bits per heavy atom. The molecule has 0 amide bonds. The van der Waals surface area contributed by atoms with Crippen LogP contribution in [0, 0.1) is 40.4 Å². The minimum atomic E-state index is -0.125. The summed E-state index contributed by atoms with van der Waals surface area (Å²) in [6.45, 7) is 8.54. The van der Waals surface area contributed by atoms with E-state index in [9.17, 15) is 14.4 Å². The second kappa shape index (κ2) is 20.9. The molecule has 0 saturated carbocycles. The van der Waals surface area contributed by atoms with Crippen molar-refractivity contribution in [3.05, 3.63) is 35.5 Å². The maximum Gasteiger partial charge on any atom is 0.155 e. The summed E-state index contributed by atoms with van der Waals surface area (Å²) in [6.07, 6.45) is 3.50. The minimum Gasteiger partial charge on any atom is -0.512 e. The van der Waals surface area contributed by atoms with Crippen molar-refractivity contribution in [2.45, 2.75) is 41.5 Å². The fourth-order valence-electron chi connectivity index (χ4n) is 0.882. The van der Waals surface area contributed by atoms with Crippen molar-refractivity contribution < 1.29 is 75.6 Å². The molecule has 0 spiro atoms. The number of hydrogen-bond donors (Lipinski definition) is 3. The predicted octanol–water partition coefficient (Wildman–Crippen LogP) is 2.29. The largest absolute Gasteiger partial charge is 0.512 e. The van der Waals surface area contributed by atoms with Gasteiger partial charge in [0, 0.05) is 58.6 Å². The predicted molar refractivity (Wildman–Crippen MR) is 84.8 cm³/mol. The Hall–Kier alpha value is -1.07. The number of aliphatic hydroxyl groups excluding tert-OH is 3. The van der Waals surface area contributed by atoms with Crippen LogP contribution in [-0.2, 0) is 14.4 Å². The number of ketones is 3. The van der Waals surface area contributed by atoms with Gasteiger partial charge in [-0.15, -0.1) is 0 Å². The second-order valence-electron chi connectivity index (χ2n) is 4.19. The summed E-state index contributed by atoms with van der Waals surface area (Å²) in [6, 6.07) is 0. The first-order chi connectivity index (χ1) is 9.38. The molecular formula is C15H26O7Sm. The van der Waals surface area contributed by atoms with Crippen LogP contribution in [-0.4, -0.2) is 38.1 Å². The third kappa shape index (κ3) is 62.8. The van der Waals surface area contributed by atoms with Crippen LogP contribution in [0.5, 0.6) is 0 Å². The number of hydrogen-bond acceptors (Lipinski definition) is 6. The zero-order valence-corrected chi connectivity index (χ0v) is 16.8. The molecule has 0 atom stereocenters. The molecule has 0 aliphatic rings. The molecule has 7 nitrogen and oxygen atoms in total. The molecule has 0 aromatic rings. The van der Waals surface area contributed by atoms with E-state index in [4.69, 9.17) is 15.3 Å². The van der Waals surface area contributed by atoms with Gasteiger partial charge in [0.2, 0.25) is 0 Å². The van der Waals surface area contributed by atoms with E-state index in [1.54, 1.807) is 0 Å². The van der Waals surface area contributed by atoms with Gasteiger partial charge in [-0.25, -0.2) is 0 Å². The van der Waals surface area contributed by atoms with Gasteiger partial charge in [0.05, 0.1) is 17.3 Å². The van der Waals surface area contributed by atoms with Gasteiger partial charge in [0.15, 0.2) is 17.3 Å². The van der Waals surface area contributed by atoms with Crippen molar-refractivity contribution >= 4 is 17.3 Å². The third-order valence-electron chi connectivity index (χ3n) is 1.24. The summed E-state index contributed by atoms with van der Waals surface area (Å²) in [5.74, 6) is -0.187. The Labute approximate surface area is 169 Å². The molecule has 0 fully saturated rings. The molecule has 134 valence electrons. The van der Waals surface area contributed by atoms with E-state index in [1.165, 1.54) is 59.8 Å². The van der Waals surface area contributed by atoms with E-state index in [0.717, 1.165) is 0 Å². The molecule has 0 unspecified atom stereocenters. The van der Waals surface area contributed by atoms with Gasteiger partial charge in [-0.2, -0.15) is 0 Å². The molecule has 0 aromatic carbocycles. The van der Waals surface area contributed by atoms with E-state index < -0.39 is 0 Å². The fraction of sp³-hybridized carbons (Fsp3) is 0.400. The van der Waals surface area contributed by atoms with Crippen molar-refractivity contribution in [2.24, 2.45) is 0 Å². The van der Waals surface area contributed by atoms with Gasteiger partial charge in [-0.05, 0) is 41.5 Å². The quantitative estimate of drug-likeness (QED) is 0.428. The average Bonchev–Trinajstić information content (AvgIpc) is 2.10. The number of carbonyl (C=O) groups is 3. The Morgan fingerprint density at radius 3 is 0.696 bits per heavy atom. The van der Waals surface area contributed by atoms with Crippen molar-refractivity contribution in [1.29, 1.82) is 0 Å². The van der Waals surface area contributed by atoms with Crippen molar-refractivity contribution in [3.63, 3.8) is 0 Å². The van der Waals surface area contributed by atoms with Crippen LogP contribution < -0.4 is 0 Å². The Bertz CT molecular complexity index is 370. The Kier molecular flexibility index (Phi) is 30.5. The molecule has 5 N–H and O–H groups in total. The molecule has 0 aliphatic carbocycles. The van der Waals surface area contributed by atoms with Gasteiger partial charge >= 0.3 is 0 Å². The zero-order valence-electron chi connectivity index (χ0n) is 14.2. The van der Waals surface area contributed by atoms with E-state index in [2.05, 4.69) is 0 Å². The summed E-state index contributed by atoms with van der Waals surface area (Å²) in [5.41, 5.74) is 0. The van der Waals surface area contributed by atoms with Gasteiger partial charge in [-0.1, -0.05) is 0 Å². The number of aliphatic hydroxyl groups is 3. The molecule has 0 radical (unpaired) electrons. The molecular weight excluding hydrogens is 443 g/mol. The first kappa shape index (κ1) is 33.5. The summed E-state index contributed by atoms with van der Waals surface area (Å²) >= 11 is 0. The second-order valence-corrected chi connectivity index (χ2v) is 4.19. The average molecular weight is 469 g/mol. The van der Waals surface area contributed by atoms with Crippen LogP contribution in [0.3, 0.4) is 0 Å². The molecule has 0 heterocycles. The fourth-order valence-corrected chi connectivity index (χ4v) is 0.882. The molecule has 8 heteroatoms. The van der Waals surface area contributed by atoms with Gasteiger partial charge < -0.3 is 20.8 Å². The number of allylic oxidation sites excluding steroid dienone is 6. The molecule has 0 bridgehead atoms. The molecule has 0 aromatic heterocycles. The minimum absolute atomic E-state index is 0. The molecule has 0 rings (SSSR count). The zero-order chi connectivity index (χ0) is 17.6. The standard InChI is InChI=1S/3C5H8O2.H2O.Sm/c3*1-4(6)3-5(2)7;;/h3*3,6H,1-2H3;1H2;/b3*4-3-;;. The van der Waals surface area contributed by atoms with E-state index in [-0.39, 0.29) is 80.5 Å². The van der Waals surface area contributed by atoms with Crippen LogP contribution in [0.1, 0.15) is 41.5 Å². The maximum atomic E-state index is 10.0. The van der Waals surface area contributed by atoms with Crippen LogP contribution >= 0.6 is 0 Å². The third-order valence-corrected chi connectivity index (χ3v) is 1.24. The monoisotopic (exact) mass is 470 g/mol. The van der Waals surface area contributed by atoms with Crippen LogP contribution in [0.25, 0.3) is 0 Å². The number of carbonyl (C=O) groups excluding carboxylic acids is 3. The first-order valence-electron chi connectivity index (χ1n) is 6.02. The molecule has 23 heavy (non-hydrogen) atoms. The van der Waals surface area contributed by atoms with Crippen molar-refractivity contribution in [1.82, 2.24) is 0 Å². The van der Waals surface area contributed by atoms with E-state index >= 15 is 0 Å². The Balaban J connectivity index is -0.0000000675. The molecule has 0 saturated heterocycles. The first-order valence-corrected chi connectivity index (χ1v) is 6.02. The smallest absolute Gasteiger partial charge is 0.155 e. The number of rotatable bonds is 3. The maximum absolute atomic E-state index is 10.0. The van der Waals surface area contributed by atoms with Crippen molar-refractivity contribution in [3.8, 4) is 0 Å². The summed E-state index contributed by atoms with van der Waals surface area (Å²) < 4.78 is 0. The van der Waals surface area contributed by atoms with Crippen LogP contribution in [0.2, 0.25) is 0 Å². The van der Waals surface area contributed by atoms with Crippen molar-refractivity contribution in [2.75, 3.05) is 0 Å². The van der Waals surface area contributed by atoms with Gasteiger partial charge in [0.25, 0.3) is 0 Å². The Morgan fingerprint density at radius 2 is 0.696 bits per heavy atom.